The number of rotatable bonds is 3. The molecule has 0 aliphatic carbocycles. The predicted octanol–water partition coefficient (Wildman–Crippen LogP) is 2.61. The van der Waals surface area contributed by atoms with Crippen LogP contribution in [0.2, 0.25) is 0 Å². The van der Waals surface area contributed by atoms with Crippen LogP contribution in [0.1, 0.15) is 40.3 Å². The standard InChI is InChI=1S/C22H22N4O2/c27-20-8-4-7-18-16-12-17(14-25(13-16)22(28)21-23-9-10-24-21)19(26(18)20)11-15-5-2-1-3-6-15/h1-10,16-17,19H,11-14H2,(H,23,24)/t16-,17+,19+/m1/s1. The number of H-pyrrole nitrogens is 1. The van der Waals surface area contributed by atoms with Crippen LogP contribution < -0.4 is 5.56 Å². The van der Waals surface area contributed by atoms with Crippen molar-refractivity contribution in [1.82, 2.24) is 19.4 Å². The van der Waals surface area contributed by atoms with Gasteiger partial charge in [-0.05, 0) is 30.4 Å². The third kappa shape index (κ3) is 2.85. The highest BCUT2D eigenvalue weighted by atomic mass is 16.2. The number of hydrogen-bond donors (Lipinski definition) is 1. The van der Waals surface area contributed by atoms with Crippen molar-refractivity contribution in [2.45, 2.75) is 24.8 Å². The van der Waals surface area contributed by atoms with E-state index in [1.165, 1.54) is 5.56 Å². The number of piperidine rings is 1. The van der Waals surface area contributed by atoms with Crippen molar-refractivity contribution in [1.29, 1.82) is 0 Å². The summed E-state index contributed by atoms with van der Waals surface area (Å²) in [4.78, 5) is 34.6. The van der Waals surface area contributed by atoms with Crippen LogP contribution in [0.15, 0.2) is 65.7 Å². The summed E-state index contributed by atoms with van der Waals surface area (Å²) < 4.78 is 1.99. The maximum Gasteiger partial charge on any atom is 0.289 e. The number of aromatic nitrogens is 3. The first-order valence-electron chi connectivity index (χ1n) is 9.75. The molecule has 142 valence electrons. The summed E-state index contributed by atoms with van der Waals surface area (Å²) in [5.74, 6) is 0.735. The number of pyridine rings is 1. The monoisotopic (exact) mass is 374 g/mol. The lowest BCUT2D eigenvalue weighted by molar-refractivity contribution is 0.0518. The van der Waals surface area contributed by atoms with Crippen molar-refractivity contribution >= 4 is 5.91 Å². The molecule has 1 amide bonds. The molecule has 1 N–H and O–H groups in total. The van der Waals surface area contributed by atoms with Gasteiger partial charge in [0.15, 0.2) is 5.82 Å². The van der Waals surface area contributed by atoms with Crippen molar-refractivity contribution in [2.75, 3.05) is 13.1 Å². The third-order valence-electron chi connectivity index (χ3n) is 6.07. The number of nitrogens with one attached hydrogen (secondary N) is 1. The Morgan fingerprint density at radius 3 is 2.75 bits per heavy atom. The summed E-state index contributed by atoms with van der Waals surface area (Å²) in [5.41, 5.74) is 2.31. The normalized spacial score (nSPS) is 23.3. The van der Waals surface area contributed by atoms with E-state index >= 15 is 0 Å². The SMILES string of the molecule is O=C(c1ncc[nH]1)N1C[C@H]2C[C@@H](C1)[C@H](Cc1ccccc1)n1c2cccc1=O. The van der Waals surface area contributed by atoms with Gasteiger partial charge in [0.25, 0.3) is 11.5 Å². The van der Waals surface area contributed by atoms with Crippen LogP contribution in [0, 0.1) is 5.92 Å². The summed E-state index contributed by atoms with van der Waals surface area (Å²) in [6.45, 7) is 1.27. The Morgan fingerprint density at radius 2 is 1.96 bits per heavy atom. The van der Waals surface area contributed by atoms with E-state index in [2.05, 4.69) is 22.1 Å². The van der Waals surface area contributed by atoms with Gasteiger partial charge in [0.2, 0.25) is 0 Å². The Labute approximate surface area is 162 Å². The van der Waals surface area contributed by atoms with Crippen molar-refractivity contribution in [3.8, 4) is 0 Å². The van der Waals surface area contributed by atoms with Gasteiger partial charge < -0.3 is 14.5 Å². The van der Waals surface area contributed by atoms with E-state index in [9.17, 15) is 9.59 Å². The number of carbonyl (C=O) groups is 1. The number of nitrogens with zero attached hydrogens (tertiary/aromatic N) is 3. The van der Waals surface area contributed by atoms with Crippen LogP contribution in [-0.4, -0.2) is 38.4 Å². The van der Waals surface area contributed by atoms with Gasteiger partial charge in [-0.25, -0.2) is 4.98 Å². The van der Waals surface area contributed by atoms with Crippen LogP contribution in [-0.2, 0) is 6.42 Å². The molecule has 0 unspecified atom stereocenters. The predicted molar refractivity (Wildman–Crippen MR) is 105 cm³/mol. The first-order valence-corrected chi connectivity index (χ1v) is 9.75. The molecular formula is C22H22N4O2. The van der Waals surface area contributed by atoms with E-state index in [-0.39, 0.29) is 29.3 Å². The van der Waals surface area contributed by atoms with Crippen molar-refractivity contribution in [2.24, 2.45) is 5.92 Å². The van der Waals surface area contributed by atoms with Crippen molar-refractivity contribution in [3.05, 3.63) is 88.4 Å². The summed E-state index contributed by atoms with van der Waals surface area (Å²) in [7, 11) is 0. The van der Waals surface area contributed by atoms with Crippen LogP contribution in [0.4, 0.5) is 0 Å². The Bertz CT molecular complexity index is 1040. The summed E-state index contributed by atoms with van der Waals surface area (Å²) >= 11 is 0. The van der Waals surface area contributed by atoms with Gasteiger partial charge >= 0.3 is 0 Å². The second-order valence-electron chi connectivity index (χ2n) is 7.76. The first kappa shape index (κ1) is 17.0. The van der Waals surface area contributed by atoms with E-state index in [1.54, 1.807) is 18.5 Å². The lowest BCUT2D eigenvalue weighted by Gasteiger charge is -2.47. The molecule has 3 atom stereocenters. The largest absolute Gasteiger partial charge is 0.341 e. The third-order valence-corrected chi connectivity index (χ3v) is 6.07. The van der Waals surface area contributed by atoms with Gasteiger partial charge in [-0.1, -0.05) is 36.4 Å². The van der Waals surface area contributed by atoms with Crippen LogP contribution in [0.25, 0.3) is 0 Å². The number of benzene rings is 1. The van der Waals surface area contributed by atoms with Crippen molar-refractivity contribution in [3.63, 3.8) is 0 Å². The molecule has 4 heterocycles. The van der Waals surface area contributed by atoms with E-state index < -0.39 is 0 Å². The summed E-state index contributed by atoms with van der Waals surface area (Å²) in [6.07, 6.45) is 5.07. The average molecular weight is 374 g/mol. The van der Waals surface area contributed by atoms with E-state index in [1.807, 2.05) is 39.8 Å². The molecule has 3 aromatic rings. The fourth-order valence-corrected chi connectivity index (χ4v) is 4.86. The van der Waals surface area contributed by atoms with Crippen LogP contribution in [0.5, 0.6) is 0 Å². The number of fused-ring (bicyclic) bond motifs is 4. The molecule has 2 aliphatic rings. The molecule has 1 fully saturated rings. The number of hydrogen-bond acceptors (Lipinski definition) is 3. The highest BCUT2D eigenvalue weighted by Crippen LogP contribution is 2.42. The minimum absolute atomic E-state index is 0.0505. The highest BCUT2D eigenvalue weighted by Gasteiger charge is 2.42. The molecule has 2 aliphatic heterocycles. The number of likely N-dealkylation sites (tertiary alicyclic amines) is 1. The van der Waals surface area contributed by atoms with Gasteiger partial charge in [0.1, 0.15) is 0 Å². The molecular weight excluding hydrogens is 352 g/mol. The van der Waals surface area contributed by atoms with Gasteiger partial charge in [-0.15, -0.1) is 0 Å². The zero-order valence-electron chi connectivity index (χ0n) is 15.5. The fraction of sp³-hybridized carbons (Fsp3) is 0.318. The van der Waals surface area contributed by atoms with Gasteiger partial charge in [-0.3, -0.25) is 9.59 Å². The zero-order valence-corrected chi connectivity index (χ0v) is 15.5. The number of aromatic amines is 1. The Hall–Kier alpha value is -3.15. The van der Waals surface area contributed by atoms with Gasteiger partial charge in [-0.2, -0.15) is 0 Å². The molecule has 1 saturated heterocycles. The molecule has 6 heteroatoms. The Kier molecular flexibility index (Phi) is 4.11. The summed E-state index contributed by atoms with van der Waals surface area (Å²) in [5, 5.41) is 0. The number of imidazole rings is 1. The fourth-order valence-electron chi connectivity index (χ4n) is 4.86. The minimum atomic E-state index is -0.0649. The smallest absolute Gasteiger partial charge is 0.289 e. The van der Waals surface area contributed by atoms with Gasteiger partial charge in [0.05, 0.1) is 0 Å². The first-order chi connectivity index (χ1) is 13.7. The van der Waals surface area contributed by atoms with Crippen LogP contribution in [0.3, 0.4) is 0 Å². The molecule has 5 rings (SSSR count). The molecule has 2 bridgehead atoms. The van der Waals surface area contributed by atoms with E-state index in [0.29, 0.717) is 18.9 Å². The molecule has 2 aromatic heterocycles. The van der Waals surface area contributed by atoms with Gasteiger partial charge in [0, 0.05) is 49.2 Å². The van der Waals surface area contributed by atoms with Crippen molar-refractivity contribution < 1.29 is 4.79 Å². The van der Waals surface area contributed by atoms with Crippen LogP contribution >= 0.6 is 0 Å². The molecule has 0 saturated carbocycles. The maximum atomic E-state index is 12.9. The molecule has 0 spiro atoms. The lowest BCUT2D eigenvalue weighted by atomic mass is 9.76. The number of amides is 1. The molecule has 0 radical (unpaired) electrons. The number of carbonyl (C=O) groups excluding carboxylic acids is 1. The maximum absolute atomic E-state index is 12.9. The average Bonchev–Trinajstić information content (AvgIpc) is 3.26. The summed E-state index contributed by atoms with van der Waals surface area (Å²) in [6, 6.07) is 15.9. The molecule has 28 heavy (non-hydrogen) atoms. The zero-order chi connectivity index (χ0) is 19.1. The minimum Gasteiger partial charge on any atom is -0.341 e. The highest BCUT2D eigenvalue weighted by molar-refractivity contribution is 5.90. The topological polar surface area (TPSA) is 71.0 Å². The Morgan fingerprint density at radius 1 is 1.11 bits per heavy atom. The Balaban J connectivity index is 1.53. The molecule has 6 nitrogen and oxygen atoms in total. The second kappa shape index (κ2) is 6.78. The second-order valence-corrected chi connectivity index (χ2v) is 7.76. The van der Waals surface area contributed by atoms with E-state index in [0.717, 1.165) is 18.5 Å². The lowest BCUT2D eigenvalue weighted by Crippen LogP contribution is -2.51. The quantitative estimate of drug-likeness (QED) is 0.766. The van der Waals surface area contributed by atoms with E-state index in [4.69, 9.17) is 0 Å². The molecule has 1 aromatic carbocycles.